The van der Waals surface area contributed by atoms with Crippen molar-refractivity contribution in [2.75, 3.05) is 7.11 Å². The molecule has 1 heterocycles. The van der Waals surface area contributed by atoms with Crippen LogP contribution in [0.1, 0.15) is 40.9 Å². The van der Waals surface area contributed by atoms with Gasteiger partial charge in [0.05, 0.1) is 6.54 Å². The Hall–Kier alpha value is -1.86. The summed E-state index contributed by atoms with van der Waals surface area (Å²) in [7, 11) is 1.55. The number of hydrogen-bond donors (Lipinski definition) is 1. The second-order valence-electron chi connectivity index (χ2n) is 6.76. The Labute approximate surface area is 151 Å². The zero-order chi connectivity index (χ0) is 18.7. The lowest BCUT2D eigenvalue weighted by molar-refractivity contribution is -0.142. The molecule has 142 valence electrons. The van der Waals surface area contributed by atoms with E-state index in [2.05, 4.69) is 16.5 Å². The van der Waals surface area contributed by atoms with Crippen molar-refractivity contribution in [2.24, 2.45) is 0 Å². The van der Waals surface area contributed by atoms with Gasteiger partial charge in [-0.1, -0.05) is 29.8 Å². The molecular weight excluding hydrogens is 343 g/mol. The number of aromatic nitrogens is 2. The zero-order valence-corrected chi connectivity index (χ0v) is 15.1. The first kappa shape index (κ1) is 18.9. The number of methoxy groups -OCH3 is 1. The predicted octanol–water partition coefficient (Wildman–Crippen LogP) is 3.85. The molecule has 1 unspecified atom stereocenters. The average molecular weight is 367 g/mol. The maximum atomic E-state index is 13.3. The molecular formula is C19H24F3N3O. The number of alkyl halides is 3. The van der Waals surface area contributed by atoms with Crippen LogP contribution in [0.25, 0.3) is 0 Å². The number of aryl methyl sites for hydroxylation is 1. The number of ether oxygens (including phenoxy) is 1. The molecule has 0 aliphatic heterocycles. The molecule has 1 N–H and O–H groups in total. The molecule has 0 saturated carbocycles. The van der Waals surface area contributed by atoms with Crippen molar-refractivity contribution in [2.45, 2.75) is 58.1 Å². The molecule has 0 amide bonds. The van der Waals surface area contributed by atoms with Gasteiger partial charge >= 0.3 is 6.18 Å². The van der Waals surface area contributed by atoms with Crippen molar-refractivity contribution in [1.29, 1.82) is 0 Å². The minimum absolute atomic E-state index is 0.251. The third kappa shape index (κ3) is 4.27. The van der Waals surface area contributed by atoms with Gasteiger partial charge < -0.3 is 4.74 Å². The van der Waals surface area contributed by atoms with E-state index in [0.717, 1.165) is 24.0 Å². The monoisotopic (exact) mass is 367 g/mol. The molecule has 1 atom stereocenters. The van der Waals surface area contributed by atoms with Crippen LogP contribution < -0.4 is 5.32 Å². The lowest BCUT2D eigenvalue weighted by Gasteiger charge is -2.20. The molecule has 1 aliphatic carbocycles. The molecule has 1 aliphatic rings. The Morgan fingerprint density at radius 2 is 2.04 bits per heavy atom. The molecule has 26 heavy (non-hydrogen) atoms. The van der Waals surface area contributed by atoms with Gasteiger partial charge in [0.2, 0.25) is 0 Å². The summed E-state index contributed by atoms with van der Waals surface area (Å²) in [5, 5.41) is 7.14. The van der Waals surface area contributed by atoms with E-state index >= 15 is 0 Å². The minimum Gasteiger partial charge on any atom is -0.365 e. The molecule has 0 spiro atoms. The largest absolute Gasteiger partial charge is 0.435 e. The fourth-order valence-electron chi connectivity index (χ4n) is 3.48. The molecule has 7 heteroatoms. The van der Waals surface area contributed by atoms with E-state index in [1.807, 2.05) is 25.1 Å². The first-order valence-electron chi connectivity index (χ1n) is 8.86. The number of nitrogens with one attached hydrogen (secondary N) is 1. The molecule has 2 aromatic rings. The van der Waals surface area contributed by atoms with Gasteiger partial charge in [-0.3, -0.25) is 10.00 Å². The summed E-state index contributed by atoms with van der Waals surface area (Å²) in [5.41, 5.74) is 2.58. The second-order valence-corrected chi connectivity index (χ2v) is 6.76. The molecule has 1 aromatic carbocycles. The summed E-state index contributed by atoms with van der Waals surface area (Å²) >= 11 is 0. The van der Waals surface area contributed by atoms with E-state index in [4.69, 9.17) is 4.74 Å². The number of hydrogen-bond acceptors (Lipinski definition) is 3. The lowest BCUT2D eigenvalue weighted by Crippen LogP contribution is -2.35. The third-order valence-electron chi connectivity index (χ3n) is 4.76. The molecule has 0 fully saturated rings. The topological polar surface area (TPSA) is 39.1 Å². The van der Waals surface area contributed by atoms with Crippen molar-refractivity contribution >= 4 is 0 Å². The van der Waals surface area contributed by atoms with Gasteiger partial charge in [-0.25, -0.2) is 0 Å². The van der Waals surface area contributed by atoms with E-state index in [1.165, 1.54) is 4.68 Å². The van der Waals surface area contributed by atoms with E-state index < -0.39 is 18.1 Å². The summed E-state index contributed by atoms with van der Waals surface area (Å²) in [6.45, 7) is 2.85. The maximum absolute atomic E-state index is 13.3. The highest BCUT2D eigenvalue weighted by Gasteiger charge is 2.39. The first-order chi connectivity index (χ1) is 12.4. The minimum atomic E-state index is -4.41. The number of benzene rings is 1. The Morgan fingerprint density at radius 1 is 1.27 bits per heavy atom. The van der Waals surface area contributed by atoms with Crippen LogP contribution in [0.15, 0.2) is 24.3 Å². The zero-order valence-electron chi connectivity index (χ0n) is 15.1. The van der Waals surface area contributed by atoms with Gasteiger partial charge in [0.1, 0.15) is 6.23 Å². The van der Waals surface area contributed by atoms with Crippen LogP contribution in [0.2, 0.25) is 0 Å². The van der Waals surface area contributed by atoms with Gasteiger partial charge in [-0.05, 0) is 38.2 Å². The van der Waals surface area contributed by atoms with Gasteiger partial charge in [-0.2, -0.15) is 18.3 Å². The van der Waals surface area contributed by atoms with Crippen LogP contribution >= 0.6 is 0 Å². The van der Waals surface area contributed by atoms with Crippen LogP contribution in [0.3, 0.4) is 0 Å². The molecule has 0 radical (unpaired) electrons. The summed E-state index contributed by atoms with van der Waals surface area (Å²) < 4.78 is 46.8. The highest BCUT2D eigenvalue weighted by Crippen LogP contribution is 2.35. The maximum Gasteiger partial charge on any atom is 0.435 e. The number of fused-ring (bicyclic) bond motifs is 1. The average Bonchev–Trinajstić information content (AvgIpc) is 2.97. The second kappa shape index (κ2) is 7.80. The van der Waals surface area contributed by atoms with Crippen LogP contribution in [0.5, 0.6) is 0 Å². The highest BCUT2D eigenvalue weighted by molar-refractivity contribution is 5.31. The fourth-order valence-corrected chi connectivity index (χ4v) is 3.48. The first-order valence-corrected chi connectivity index (χ1v) is 8.86. The number of nitrogens with zero attached hydrogens (tertiary/aromatic N) is 2. The lowest BCUT2D eigenvalue weighted by atomic mass is 9.95. The van der Waals surface area contributed by atoms with Gasteiger partial charge in [0.25, 0.3) is 0 Å². The van der Waals surface area contributed by atoms with E-state index in [-0.39, 0.29) is 6.54 Å². The molecule has 0 saturated heterocycles. The van der Waals surface area contributed by atoms with Crippen LogP contribution in [-0.2, 0) is 36.8 Å². The number of rotatable bonds is 6. The van der Waals surface area contributed by atoms with Gasteiger partial charge in [-0.15, -0.1) is 0 Å². The SMILES string of the molecule is COC(Cn1nc(C(F)(F)F)c2c1CCCC2)NCc1cccc(C)c1. The van der Waals surface area contributed by atoms with E-state index in [0.29, 0.717) is 30.6 Å². The molecule has 3 rings (SSSR count). The van der Waals surface area contributed by atoms with Gasteiger partial charge in [0, 0.05) is 24.9 Å². The standard InChI is InChI=1S/C19H24F3N3O/c1-13-6-5-7-14(10-13)11-23-17(26-2)12-25-16-9-4-3-8-15(16)18(24-25)19(20,21)22/h5-7,10,17,23H,3-4,8-9,11-12H2,1-2H3. The third-order valence-corrected chi connectivity index (χ3v) is 4.76. The molecule has 4 nitrogen and oxygen atoms in total. The van der Waals surface area contributed by atoms with Crippen LogP contribution in [0, 0.1) is 6.92 Å². The Kier molecular flexibility index (Phi) is 5.67. The van der Waals surface area contributed by atoms with Crippen LogP contribution in [0.4, 0.5) is 13.2 Å². The van der Waals surface area contributed by atoms with E-state index in [9.17, 15) is 13.2 Å². The fraction of sp³-hybridized carbons (Fsp3) is 0.526. The normalized spacial score (nSPS) is 15.7. The number of halogens is 3. The van der Waals surface area contributed by atoms with E-state index in [1.54, 1.807) is 7.11 Å². The van der Waals surface area contributed by atoms with Crippen LogP contribution in [-0.4, -0.2) is 23.1 Å². The summed E-state index contributed by atoms with van der Waals surface area (Å²) in [6.07, 6.45) is -2.08. The van der Waals surface area contributed by atoms with Gasteiger partial charge in [0.15, 0.2) is 5.69 Å². The predicted molar refractivity (Wildman–Crippen MR) is 92.7 cm³/mol. The summed E-state index contributed by atoms with van der Waals surface area (Å²) in [6, 6.07) is 8.07. The van der Waals surface area contributed by atoms with Crippen molar-refractivity contribution < 1.29 is 17.9 Å². The van der Waals surface area contributed by atoms with Crippen molar-refractivity contribution in [3.05, 3.63) is 52.3 Å². The summed E-state index contributed by atoms with van der Waals surface area (Å²) in [5.74, 6) is 0. The van der Waals surface area contributed by atoms with Crippen molar-refractivity contribution in [3.63, 3.8) is 0 Å². The smallest absolute Gasteiger partial charge is 0.365 e. The quantitative estimate of drug-likeness (QED) is 0.789. The Bertz CT molecular complexity index is 755. The van der Waals surface area contributed by atoms with Crippen molar-refractivity contribution in [1.82, 2.24) is 15.1 Å². The Balaban J connectivity index is 1.75. The Morgan fingerprint density at radius 3 is 2.73 bits per heavy atom. The molecule has 1 aromatic heterocycles. The molecule has 0 bridgehead atoms. The van der Waals surface area contributed by atoms with Crippen molar-refractivity contribution in [3.8, 4) is 0 Å². The summed E-state index contributed by atoms with van der Waals surface area (Å²) in [4.78, 5) is 0. The highest BCUT2D eigenvalue weighted by atomic mass is 19.4.